The molecule has 3 heteroatoms. The molecule has 1 atom stereocenters. The Balaban J connectivity index is 2.43. The summed E-state index contributed by atoms with van der Waals surface area (Å²) < 4.78 is 6.73. The van der Waals surface area contributed by atoms with Crippen LogP contribution < -0.4 is 10.1 Å². The average Bonchev–Trinajstić information content (AvgIpc) is 2.30. The molecule has 1 aromatic rings. The number of fused-ring (bicyclic) bond motifs is 1. The fraction of sp³-hybridized carbons (Fsp3) is 0.571. The van der Waals surface area contributed by atoms with E-state index in [1.807, 2.05) is 0 Å². The first-order valence-electron chi connectivity index (χ1n) is 6.22. The van der Waals surface area contributed by atoms with Crippen LogP contribution in [0.1, 0.15) is 37.4 Å². The maximum Gasteiger partial charge on any atom is 0.123 e. The van der Waals surface area contributed by atoms with Gasteiger partial charge in [-0.25, -0.2) is 0 Å². The lowest BCUT2D eigenvalue weighted by atomic mass is 9.88. The van der Waals surface area contributed by atoms with Gasteiger partial charge in [-0.2, -0.15) is 0 Å². The number of hydrogen-bond acceptors (Lipinski definition) is 2. The Kier molecular flexibility index (Phi) is 4.10. The van der Waals surface area contributed by atoms with Crippen LogP contribution in [0.15, 0.2) is 16.6 Å². The molecular formula is C14H20BrNO. The molecule has 0 fully saturated rings. The Labute approximate surface area is 112 Å². The zero-order valence-electron chi connectivity index (χ0n) is 10.7. The van der Waals surface area contributed by atoms with E-state index in [4.69, 9.17) is 4.74 Å². The summed E-state index contributed by atoms with van der Waals surface area (Å²) in [6.45, 7) is 5.58. The van der Waals surface area contributed by atoms with Crippen molar-refractivity contribution in [1.29, 1.82) is 0 Å². The van der Waals surface area contributed by atoms with Crippen LogP contribution in [0.2, 0.25) is 0 Å². The summed E-state index contributed by atoms with van der Waals surface area (Å²) in [5.74, 6) is 1.70. The quantitative estimate of drug-likeness (QED) is 0.919. The summed E-state index contributed by atoms with van der Waals surface area (Å²) in [6.07, 6.45) is 2.22. The molecule has 2 rings (SSSR count). The van der Waals surface area contributed by atoms with Gasteiger partial charge in [-0.05, 0) is 43.0 Å². The van der Waals surface area contributed by atoms with Crippen LogP contribution in [0.5, 0.6) is 5.75 Å². The zero-order chi connectivity index (χ0) is 12.4. The summed E-state index contributed by atoms with van der Waals surface area (Å²) in [7, 11) is 1.75. The molecule has 1 aliphatic heterocycles. The summed E-state index contributed by atoms with van der Waals surface area (Å²) in [5.41, 5.74) is 2.76. The van der Waals surface area contributed by atoms with E-state index in [1.165, 1.54) is 15.6 Å². The number of ether oxygens (including phenoxy) is 1. The second-order valence-electron chi connectivity index (χ2n) is 5.03. The monoisotopic (exact) mass is 297 g/mol. The maximum absolute atomic E-state index is 5.52. The molecule has 0 radical (unpaired) electrons. The first kappa shape index (κ1) is 12.9. The number of methoxy groups -OCH3 is 1. The molecular weight excluding hydrogens is 278 g/mol. The summed E-state index contributed by atoms with van der Waals surface area (Å²) >= 11 is 3.66. The summed E-state index contributed by atoms with van der Waals surface area (Å²) in [4.78, 5) is 0. The van der Waals surface area contributed by atoms with Gasteiger partial charge >= 0.3 is 0 Å². The van der Waals surface area contributed by atoms with Crippen molar-refractivity contribution in [3.63, 3.8) is 0 Å². The Hall–Kier alpha value is -0.540. The van der Waals surface area contributed by atoms with Crippen LogP contribution in [0.4, 0.5) is 0 Å². The number of benzene rings is 1. The predicted octanol–water partition coefficient (Wildman–Crippen LogP) is 3.69. The molecule has 17 heavy (non-hydrogen) atoms. The van der Waals surface area contributed by atoms with Crippen molar-refractivity contribution in [3.05, 3.63) is 27.7 Å². The second kappa shape index (κ2) is 5.40. The highest BCUT2D eigenvalue weighted by Crippen LogP contribution is 2.38. The van der Waals surface area contributed by atoms with Crippen molar-refractivity contribution in [3.8, 4) is 5.75 Å². The van der Waals surface area contributed by atoms with Crippen molar-refractivity contribution in [1.82, 2.24) is 5.32 Å². The third kappa shape index (κ3) is 2.66. The molecule has 1 aliphatic rings. The van der Waals surface area contributed by atoms with E-state index >= 15 is 0 Å². The van der Waals surface area contributed by atoms with Gasteiger partial charge in [0.05, 0.1) is 7.11 Å². The summed E-state index contributed by atoms with van der Waals surface area (Å²) in [5, 5.41) is 3.61. The van der Waals surface area contributed by atoms with Crippen molar-refractivity contribution < 1.29 is 4.74 Å². The van der Waals surface area contributed by atoms with Gasteiger partial charge in [-0.1, -0.05) is 29.8 Å². The SMILES string of the molecule is COc1ccc(Br)c2c1C(CC(C)C)NCC2. The second-order valence-corrected chi connectivity index (χ2v) is 5.88. The van der Waals surface area contributed by atoms with Crippen LogP contribution in [0, 0.1) is 5.92 Å². The lowest BCUT2D eigenvalue weighted by Crippen LogP contribution is -2.31. The number of rotatable bonds is 3. The number of halogens is 1. The van der Waals surface area contributed by atoms with E-state index in [1.54, 1.807) is 7.11 Å². The Morgan fingerprint density at radius 3 is 2.88 bits per heavy atom. The largest absolute Gasteiger partial charge is 0.496 e. The van der Waals surface area contributed by atoms with Crippen LogP contribution >= 0.6 is 15.9 Å². The number of hydrogen-bond donors (Lipinski definition) is 1. The lowest BCUT2D eigenvalue weighted by molar-refractivity contribution is 0.370. The first-order chi connectivity index (χ1) is 8.13. The molecule has 0 bridgehead atoms. The van der Waals surface area contributed by atoms with Gasteiger partial charge in [0.25, 0.3) is 0 Å². The summed E-state index contributed by atoms with van der Waals surface area (Å²) in [6, 6.07) is 4.57. The molecule has 2 nitrogen and oxygen atoms in total. The van der Waals surface area contributed by atoms with Gasteiger partial charge in [-0.15, -0.1) is 0 Å². The molecule has 1 N–H and O–H groups in total. The van der Waals surface area contributed by atoms with E-state index in [2.05, 4.69) is 47.2 Å². The average molecular weight is 298 g/mol. The molecule has 94 valence electrons. The van der Waals surface area contributed by atoms with E-state index < -0.39 is 0 Å². The van der Waals surface area contributed by atoms with Crippen LogP contribution in [0.3, 0.4) is 0 Å². The molecule has 1 unspecified atom stereocenters. The predicted molar refractivity (Wildman–Crippen MR) is 74.6 cm³/mol. The van der Waals surface area contributed by atoms with Gasteiger partial charge in [-0.3, -0.25) is 0 Å². The third-order valence-electron chi connectivity index (χ3n) is 3.30. The van der Waals surface area contributed by atoms with Crippen LogP contribution in [0.25, 0.3) is 0 Å². The van der Waals surface area contributed by atoms with Crippen molar-refractivity contribution in [2.75, 3.05) is 13.7 Å². The van der Waals surface area contributed by atoms with E-state index in [9.17, 15) is 0 Å². The highest BCUT2D eigenvalue weighted by molar-refractivity contribution is 9.10. The molecule has 1 aromatic carbocycles. The van der Waals surface area contributed by atoms with Crippen LogP contribution in [-0.2, 0) is 6.42 Å². The van der Waals surface area contributed by atoms with Gasteiger partial charge in [0, 0.05) is 16.1 Å². The molecule has 0 aromatic heterocycles. The molecule has 0 saturated heterocycles. The minimum absolute atomic E-state index is 0.422. The molecule has 0 saturated carbocycles. The van der Waals surface area contributed by atoms with Crippen molar-refractivity contribution in [2.24, 2.45) is 5.92 Å². The standard InChI is InChI=1S/C14H20BrNO/c1-9(2)8-12-14-10(6-7-16-12)11(15)4-5-13(14)17-3/h4-5,9,12,16H,6-8H2,1-3H3. The zero-order valence-corrected chi connectivity index (χ0v) is 12.3. The smallest absolute Gasteiger partial charge is 0.123 e. The third-order valence-corrected chi connectivity index (χ3v) is 4.04. The van der Waals surface area contributed by atoms with Crippen molar-refractivity contribution >= 4 is 15.9 Å². The fourth-order valence-electron chi connectivity index (χ4n) is 2.58. The van der Waals surface area contributed by atoms with Crippen molar-refractivity contribution in [2.45, 2.75) is 32.7 Å². The molecule has 1 heterocycles. The van der Waals surface area contributed by atoms with E-state index in [0.29, 0.717) is 12.0 Å². The molecule has 0 aliphatic carbocycles. The van der Waals surface area contributed by atoms with Gasteiger partial charge in [0.1, 0.15) is 5.75 Å². The number of nitrogens with one attached hydrogen (secondary N) is 1. The normalized spacial score (nSPS) is 19.2. The topological polar surface area (TPSA) is 21.3 Å². The molecule has 0 spiro atoms. The highest BCUT2D eigenvalue weighted by atomic mass is 79.9. The maximum atomic E-state index is 5.52. The Morgan fingerprint density at radius 1 is 1.47 bits per heavy atom. The molecule has 0 amide bonds. The Bertz CT molecular complexity index is 403. The Morgan fingerprint density at radius 2 is 2.24 bits per heavy atom. The first-order valence-corrected chi connectivity index (χ1v) is 7.01. The van der Waals surface area contributed by atoms with E-state index in [0.717, 1.165) is 25.1 Å². The van der Waals surface area contributed by atoms with Crippen LogP contribution in [-0.4, -0.2) is 13.7 Å². The van der Waals surface area contributed by atoms with Gasteiger partial charge < -0.3 is 10.1 Å². The van der Waals surface area contributed by atoms with E-state index in [-0.39, 0.29) is 0 Å². The highest BCUT2D eigenvalue weighted by Gasteiger charge is 2.25. The fourth-order valence-corrected chi connectivity index (χ4v) is 3.12. The van der Waals surface area contributed by atoms with Gasteiger partial charge in [0.15, 0.2) is 0 Å². The minimum Gasteiger partial charge on any atom is -0.496 e. The minimum atomic E-state index is 0.422. The lowest BCUT2D eigenvalue weighted by Gasteiger charge is -2.30. The van der Waals surface area contributed by atoms with Gasteiger partial charge in [0.2, 0.25) is 0 Å².